The normalized spacial score (nSPS) is 14.5. The zero-order valence-corrected chi connectivity index (χ0v) is 17.5. The monoisotopic (exact) mass is 426 g/mol. The van der Waals surface area contributed by atoms with E-state index in [1.807, 2.05) is 12.1 Å². The van der Waals surface area contributed by atoms with Crippen molar-refractivity contribution in [2.24, 2.45) is 0 Å². The fourth-order valence-electron chi connectivity index (χ4n) is 3.48. The van der Waals surface area contributed by atoms with Crippen LogP contribution in [0.4, 0.5) is 15.9 Å². The fraction of sp³-hybridized carbons (Fsp3) is 0.273. The number of hydrogen-bond donors (Lipinski definition) is 1. The molecule has 3 aromatic rings. The lowest BCUT2D eigenvalue weighted by Gasteiger charge is -2.27. The van der Waals surface area contributed by atoms with Gasteiger partial charge in [-0.25, -0.2) is 12.8 Å². The summed E-state index contributed by atoms with van der Waals surface area (Å²) in [6, 6.07) is 14.5. The van der Waals surface area contributed by atoms with Gasteiger partial charge in [0.25, 0.3) is 10.0 Å². The van der Waals surface area contributed by atoms with Gasteiger partial charge in [-0.05, 0) is 74.2 Å². The van der Waals surface area contributed by atoms with Crippen LogP contribution in [0, 0.1) is 12.7 Å². The van der Waals surface area contributed by atoms with Crippen molar-refractivity contribution in [3.63, 3.8) is 0 Å². The van der Waals surface area contributed by atoms with E-state index in [0.717, 1.165) is 36.2 Å². The molecule has 0 atom stereocenters. The maximum Gasteiger partial charge on any atom is 0.261 e. The minimum absolute atomic E-state index is 0.0182. The average Bonchev–Trinajstić information content (AvgIpc) is 2.77. The van der Waals surface area contributed by atoms with Crippen molar-refractivity contribution < 1.29 is 12.8 Å². The highest BCUT2D eigenvalue weighted by Gasteiger charge is 2.16. The first-order valence-corrected chi connectivity index (χ1v) is 11.4. The molecule has 1 N–H and O–H groups in total. The van der Waals surface area contributed by atoms with Gasteiger partial charge >= 0.3 is 0 Å². The number of nitrogens with one attached hydrogen (secondary N) is 1. The fourth-order valence-corrected chi connectivity index (χ4v) is 4.62. The summed E-state index contributed by atoms with van der Waals surface area (Å²) in [6.07, 6.45) is 3.62. The third kappa shape index (κ3) is 4.43. The Labute approximate surface area is 175 Å². The molecule has 1 fully saturated rings. The van der Waals surface area contributed by atoms with Crippen molar-refractivity contribution in [2.45, 2.75) is 31.1 Å². The van der Waals surface area contributed by atoms with Crippen molar-refractivity contribution in [1.82, 2.24) is 10.2 Å². The van der Waals surface area contributed by atoms with Crippen LogP contribution in [0.5, 0.6) is 0 Å². The molecule has 0 amide bonds. The van der Waals surface area contributed by atoms with Gasteiger partial charge in [0.15, 0.2) is 5.82 Å². The van der Waals surface area contributed by atoms with E-state index in [4.69, 9.17) is 0 Å². The van der Waals surface area contributed by atoms with E-state index in [-0.39, 0.29) is 10.5 Å². The number of benzene rings is 2. The van der Waals surface area contributed by atoms with E-state index in [0.29, 0.717) is 5.69 Å². The maximum absolute atomic E-state index is 13.4. The first kappa shape index (κ1) is 20.3. The Morgan fingerprint density at radius 2 is 1.67 bits per heavy atom. The molecule has 1 aromatic heterocycles. The molecule has 0 saturated carbocycles. The van der Waals surface area contributed by atoms with Crippen LogP contribution in [0.1, 0.15) is 24.8 Å². The standard InChI is InChI=1S/C22H23FN4O2S/c1-16-15-19(9-10-20(16)23)30(28,29)26-18-7-5-17(6-8-18)21-11-12-22(25-24-21)27-13-3-2-4-14-27/h5-12,15,26H,2-4,13-14H2,1H3. The number of hydrogen-bond acceptors (Lipinski definition) is 5. The van der Waals surface area contributed by atoms with E-state index in [1.54, 1.807) is 24.3 Å². The third-order valence-electron chi connectivity index (χ3n) is 5.20. The van der Waals surface area contributed by atoms with Gasteiger partial charge in [-0.2, -0.15) is 0 Å². The van der Waals surface area contributed by atoms with Crippen LogP contribution < -0.4 is 9.62 Å². The molecule has 30 heavy (non-hydrogen) atoms. The van der Waals surface area contributed by atoms with E-state index >= 15 is 0 Å². The van der Waals surface area contributed by atoms with Crippen LogP contribution in [0.15, 0.2) is 59.5 Å². The summed E-state index contributed by atoms with van der Waals surface area (Å²) < 4.78 is 41.0. The molecule has 1 aliphatic rings. The van der Waals surface area contributed by atoms with Gasteiger partial charge in [-0.1, -0.05) is 12.1 Å². The molecule has 1 aliphatic heterocycles. The first-order chi connectivity index (χ1) is 14.4. The Balaban J connectivity index is 1.48. The van der Waals surface area contributed by atoms with Gasteiger partial charge in [0.05, 0.1) is 10.6 Å². The Bertz CT molecular complexity index is 1130. The number of aryl methyl sites for hydroxylation is 1. The van der Waals surface area contributed by atoms with Crippen LogP contribution in [0.3, 0.4) is 0 Å². The molecule has 0 spiro atoms. The second kappa shape index (κ2) is 8.39. The second-order valence-electron chi connectivity index (χ2n) is 7.42. The molecule has 0 bridgehead atoms. The molecule has 0 aliphatic carbocycles. The number of rotatable bonds is 5. The Kier molecular flexibility index (Phi) is 5.67. The van der Waals surface area contributed by atoms with Crippen molar-refractivity contribution in [2.75, 3.05) is 22.7 Å². The minimum Gasteiger partial charge on any atom is -0.355 e. The van der Waals surface area contributed by atoms with E-state index in [2.05, 4.69) is 19.8 Å². The summed E-state index contributed by atoms with van der Waals surface area (Å²) in [4.78, 5) is 2.26. The molecule has 8 heteroatoms. The van der Waals surface area contributed by atoms with Gasteiger partial charge in [0.1, 0.15) is 5.82 Å². The first-order valence-electron chi connectivity index (χ1n) is 9.90. The summed E-state index contributed by atoms with van der Waals surface area (Å²) in [5.41, 5.74) is 2.26. The third-order valence-corrected chi connectivity index (χ3v) is 6.58. The minimum atomic E-state index is -3.80. The topological polar surface area (TPSA) is 75.2 Å². The van der Waals surface area contributed by atoms with E-state index in [9.17, 15) is 12.8 Å². The van der Waals surface area contributed by atoms with Gasteiger partial charge in [0.2, 0.25) is 0 Å². The van der Waals surface area contributed by atoms with Crippen molar-refractivity contribution in [3.8, 4) is 11.3 Å². The second-order valence-corrected chi connectivity index (χ2v) is 9.10. The summed E-state index contributed by atoms with van der Waals surface area (Å²) >= 11 is 0. The van der Waals surface area contributed by atoms with E-state index in [1.165, 1.54) is 38.3 Å². The van der Waals surface area contributed by atoms with Gasteiger partial charge in [-0.3, -0.25) is 4.72 Å². The number of nitrogens with zero attached hydrogens (tertiary/aromatic N) is 3. The van der Waals surface area contributed by atoms with E-state index < -0.39 is 15.8 Å². The Morgan fingerprint density at radius 1 is 0.933 bits per heavy atom. The number of halogens is 1. The lowest BCUT2D eigenvalue weighted by molar-refractivity contribution is 0.571. The number of piperidine rings is 1. The average molecular weight is 427 g/mol. The van der Waals surface area contributed by atoms with Crippen LogP contribution in [0.25, 0.3) is 11.3 Å². The lowest BCUT2D eigenvalue weighted by Crippen LogP contribution is -2.30. The molecule has 2 aromatic carbocycles. The van der Waals surface area contributed by atoms with Crippen molar-refractivity contribution in [1.29, 1.82) is 0 Å². The zero-order valence-electron chi connectivity index (χ0n) is 16.7. The molecule has 0 unspecified atom stereocenters. The van der Waals surface area contributed by atoms with Crippen LogP contribution >= 0.6 is 0 Å². The number of sulfonamides is 1. The van der Waals surface area contributed by atoms with Crippen LogP contribution in [-0.4, -0.2) is 31.7 Å². The summed E-state index contributed by atoms with van der Waals surface area (Å²) in [7, 11) is -3.80. The Hall–Kier alpha value is -3.00. The highest BCUT2D eigenvalue weighted by Crippen LogP contribution is 2.24. The summed E-state index contributed by atoms with van der Waals surface area (Å²) in [5.74, 6) is 0.447. The molecule has 156 valence electrons. The number of anilines is 2. The summed E-state index contributed by atoms with van der Waals surface area (Å²) in [5, 5.41) is 8.68. The molecule has 1 saturated heterocycles. The molecule has 0 radical (unpaired) electrons. The predicted molar refractivity (Wildman–Crippen MR) is 115 cm³/mol. The molecule has 2 heterocycles. The molecular formula is C22H23FN4O2S. The summed E-state index contributed by atoms with van der Waals surface area (Å²) in [6.45, 7) is 3.55. The van der Waals surface area contributed by atoms with Gasteiger partial charge in [0, 0.05) is 24.3 Å². The molecule has 6 nitrogen and oxygen atoms in total. The largest absolute Gasteiger partial charge is 0.355 e. The van der Waals surface area contributed by atoms with Crippen molar-refractivity contribution >= 4 is 21.5 Å². The van der Waals surface area contributed by atoms with Crippen LogP contribution in [-0.2, 0) is 10.0 Å². The van der Waals surface area contributed by atoms with Gasteiger partial charge in [-0.15, -0.1) is 10.2 Å². The lowest BCUT2D eigenvalue weighted by atomic mass is 10.1. The zero-order chi connectivity index (χ0) is 21.1. The quantitative estimate of drug-likeness (QED) is 0.655. The predicted octanol–water partition coefficient (Wildman–Crippen LogP) is 4.38. The highest BCUT2D eigenvalue weighted by molar-refractivity contribution is 7.92. The Morgan fingerprint density at radius 3 is 2.30 bits per heavy atom. The van der Waals surface area contributed by atoms with Gasteiger partial charge < -0.3 is 4.90 Å². The molecular weight excluding hydrogens is 403 g/mol. The highest BCUT2D eigenvalue weighted by atomic mass is 32.2. The SMILES string of the molecule is Cc1cc(S(=O)(=O)Nc2ccc(-c3ccc(N4CCCCC4)nn3)cc2)ccc1F. The maximum atomic E-state index is 13.4. The smallest absolute Gasteiger partial charge is 0.261 e. The van der Waals surface area contributed by atoms with Crippen molar-refractivity contribution in [3.05, 3.63) is 66.0 Å². The number of aromatic nitrogens is 2. The molecule has 4 rings (SSSR count). The van der Waals surface area contributed by atoms with Crippen LogP contribution in [0.2, 0.25) is 0 Å².